The average molecular weight is 305 g/mol. The molecule has 0 aliphatic rings. The fraction of sp³-hybridized carbons (Fsp3) is 0.238. The van der Waals surface area contributed by atoms with E-state index in [2.05, 4.69) is 61.6 Å². The lowest BCUT2D eigenvalue weighted by atomic mass is 9.99. The number of hydrogen-bond donors (Lipinski definition) is 2. The molecule has 3 aromatic rings. The van der Waals surface area contributed by atoms with Gasteiger partial charge < -0.3 is 10.4 Å². The van der Waals surface area contributed by atoms with Crippen LogP contribution >= 0.6 is 0 Å². The first-order valence-corrected chi connectivity index (χ1v) is 8.11. The predicted molar refractivity (Wildman–Crippen MR) is 96.5 cm³/mol. The number of aliphatic hydroxyl groups is 1. The maximum absolute atomic E-state index is 10.4. The summed E-state index contributed by atoms with van der Waals surface area (Å²) < 4.78 is 0. The summed E-state index contributed by atoms with van der Waals surface area (Å²) in [5, 5.41) is 16.3. The van der Waals surface area contributed by atoms with E-state index in [4.69, 9.17) is 0 Å². The zero-order valence-corrected chi connectivity index (χ0v) is 13.7. The van der Waals surface area contributed by atoms with Gasteiger partial charge >= 0.3 is 0 Å². The number of rotatable bonds is 5. The van der Waals surface area contributed by atoms with Crippen LogP contribution in [0.2, 0.25) is 0 Å². The second-order valence-corrected chi connectivity index (χ2v) is 6.12. The standard InChI is InChI=1S/C21H23NO/c1-15-10-12-18(13-11-15)21(23)14-22-16(2)19-9-5-7-17-6-3-4-8-20(17)19/h3-13,16,21-23H,14H2,1-2H3/t16-,21+/m1/s1. The SMILES string of the molecule is Cc1ccc([C@@H](O)CN[C@H](C)c2cccc3ccccc23)cc1. The number of nitrogens with one attached hydrogen (secondary N) is 1. The molecule has 2 atom stereocenters. The van der Waals surface area contributed by atoms with Gasteiger partial charge in [-0.2, -0.15) is 0 Å². The second-order valence-electron chi connectivity index (χ2n) is 6.12. The van der Waals surface area contributed by atoms with Gasteiger partial charge in [0, 0.05) is 12.6 Å². The molecular weight excluding hydrogens is 282 g/mol. The van der Waals surface area contributed by atoms with E-state index < -0.39 is 6.10 Å². The summed E-state index contributed by atoms with van der Waals surface area (Å²) in [6.45, 7) is 4.73. The molecule has 118 valence electrons. The Kier molecular flexibility index (Phi) is 4.75. The van der Waals surface area contributed by atoms with Crippen molar-refractivity contribution in [2.24, 2.45) is 0 Å². The number of fused-ring (bicyclic) bond motifs is 1. The minimum absolute atomic E-state index is 0.182. The highest BCUT2D eigenvalue weighted by Crippen LogP contribution is 2.24. The van der Waals surface area contributed by atoms with E-state index in [0.29, 0.717) is 6.54 Å². The van der Waals surface area contributed by atoms with Gasteiger partial charge in [0.25, 0.3) is 0 Å². The van der Waals surface area contributed by atoms with E-state index in [-0.39, 0.29) is 6.04 Å². The lowest BCUT2D eigenvalue weighted by Gasteiger charge is -2.19. The van der Waals surface area contributed by atoms with Gasteiger partial charge in [0.15, 0.2) is 0 Å². The highest BCUT2D eigenvalue weighted by atomic mass is 16.3. The Labute approximate surface area is 137 Å². The number of aryl methyl sites for hydroxylation is 1. The van der Waals surface area contributed by atoms with Gasteiger partial charge in [0.05, 0.1) is 6.10 Å². The molecule has 2 heteroatoms. The van der Waals surface area contributed by atoms with E-state index >= 15 is 0 Å². The van der Waals surface area contributed by atoms with Gasteiger partial charge in [-0.1, -0.05) is 72.3 Å². The first-order valence-electron chi connectivity index (χ1n) is 8.11. The zero-order chi connectivity index (χ0) is 16.2. The van der Waals surface area contributed by atoms with Crippen molar-refractivity contribution in [1.82, 2.24) is 5.32 Å². The van der Waals surface area contributed by atoms with E-state index in [1.165, 1.54) is 21.9 Å². The van der Waals surface area contributed by atoms with Gasteiger partial charge in [0.1, 0.15) is 0 Å². The summed E-state index contributed by atoms with van der Waals surface area (Å²) in [6, 6.07) is 23.0. The largest absolute Gasteiger partial charge is 0.387 e. The predicted octanol–water partition coefficient (Wildman–Crippen LogP) is 4.53. The molecule has 0 spiro atoms. The van der Waals surface area contributed by atoms with Gasteiger partial charge in [-0.25, -0.2) is 0 Å². The van der Waals surface area contributed by atoms with Gasteiger partial charge in [-0.15, -0.1) is 0 Å². The molecule has 0 aliphatic carbocycles. The normalized spacial score (nSPS) is 13.9. The molecule has 0 aliphatic heterocycles. The van der Waals surface area contributed by atoms with Crippen LogP contribution in [0.4, 0.5) is 0 Å². The van der Waals surface area contributed by atoms with Crippen LogP contribution in [0, 0.1) is 6.92 Å². The molecule has 0 unspecified atom stereocenters. The van der Waals surface area contributed by atoms with E-state index in [1.54, 1.807) is 0 Å². The van der Waals surface area contributed by atoms with Crippen molar-refractivity contribution in [2.45, 2.75) is 26.0 Å². The van der Waals surface area contributed by atoms with Gasteiger partial charge in [-0.3, -0.25) is 0 Å². The maximum Gasteiger partial charge on any atom is 0.0914 e. The third-order valence-electron chi connectivity index (χ3n) is 4.37. The quantitative estimate of drug-likeness (QED) is 0.725. The van der Waals surface area contributed by atoms with E-state index in [0.717, 1.165) is 5.56 Å². The highest BCUT2D eigenvalue weighted by molar-refractivity contribution is 5.86. The topological polar surface area (TPSA) is 32.3 Å². The maximum atomic E-state index is 10.4. The van der Waals surface area contributed by atoms with Crippen LogP contribution in [0.1, 0.15) is 35.8 Å². The molecule has 0 aromatic heterocycles. The molecule has 0 fully saturated rings. The lowest BCUT2D eigenvalue weighted by Crippen LogP contribution is -2.24. The fourth-order valence-corrected chi connectivity index (χ4v) is 2.93. The van der Waals surface area contributed by atoms with Gasteiger partial charge in [-0.05, 0) is 35.7 Å². The first-order chi connectivity index (χ1) is 11.1. The van der Waals surface area contributed by atoms with Crippen LogP contribution in [0.3, 0.4) is 0 Å². The molecule has 2 nitrogen and oxygen atoms in total. The summed E-state index contributed by atoms with van der Waals surface area (Å²) in [5.74, 6) is 0. The Hall–Kier alpha value is -2.16. The van der Waals surface area contributed by atoms with Crippen LogP contribution in [0.15, 0.2) is 66.7 Å². The summed E-state index contributed by atoms with van der Waals surface area (Å²) in [6.07, 6.45) is -0.493. The summed E-state index contributed by atoms with van der Waals surface area (Å²) in [4.78, 5) is 0. The van der Waals surface area contributed by atoms with Gasteiger partial charge in [0.2, 0.25) is 0 Å². The second kappa shape index (κ2) is 6.95. The number of benzene rings is 3. The first kappa shape index (κ1) is 15.7. The molecule has 3 aromatic carbocycles. The monoisotopic (exact) mass is 305 g/mol. The van der Waals surface area contributed by atoms with Crippen molar-refractivity contribution in [2.75, 3.05) is 6.54 Å². The summed E-state index contributed by atoms with van der Waals surface area (Å²) in [5.41, 5.74) is 3.42. The van der Waals surface area contributed by atoms with Crippen molar-refractivity contribution in [3.05, 3.63) is 83.4 Å². The molecule has 0 amide bonds. The fourth-order valence-electron chi connectivity index (χ4n) is 2.93. The molecule has 23 heavy (non-hydrogen) atoms. The average Bonchev–Trinajstić information content (AvgIpc) is 2.59. The lowest BCUT2D eigenvalue weighted by molar-refractivity contribution is 0.171. The van der Waals surface area contributed by atoms with Crippen LogP contribution in [0.25, 0.3) is 10.8 Å². The Morgan fingerprint density at radius 2 is 1.61 bits per heavy atom. The van der Waals surface area contributed by atoms with Crippen molar-refractivity contribution >= 4 is 10.8 Å². The van der Waals surface area contributed by atoms with E-state index in [9.17, 15) is 5.11 Å². The number of hydrogen-bond acceptors (Lipinski definition) is 2. The minimum atomic E-state index is -0.493. The van der Waals surface area contributed by atoms with E-state index in [1.807, 2.05) is 24.3 Å². The third kappa shape index (κ3) is 3.61. The van der Waals surface area contributed by atoms with Crippen molar-refractivity contribution in [3.8, 4) is 0 Å². The Morgan fingerprint density at radius 1 is 0.913 bits per heavy atom. The number of aliphatic hydroxyl groups excluding tert-OH is 1. The minimum Gasteiger partial charge on any atom is -0.387 e. The molecule has 3 rings (SSSR count). The van der Waals surface area contributed by atoms with Crippen molar-refractivity contribution < 1.29 is 5.11 Å². The van der Waals surface area contributed by atoms with Crippen LogP contribution in [0.5, 0.6) is 0 Å². The smallest absolute Gasteiger partial charge is 0.0914 e. The molecule has 0 bridgehead atoms. The molecule has 2 N–H and O–H groups in total. The van der Waals surface area contributed by atoms with Crippen LogP contribution in [-0.4, -0.2) is 11.7 Å². The summed E-state index contributed by atoms with van der Waals surface area (Å²) in [7, 11) is 0. The molecule has 0 saturated carbocycles. The van der Waals surface area contributed by atoms with Crippen molar-refractivity contribution in [3.63, 3.8) is 0 Å². The summed E-state index contributed by atoms with van der Waals surface area (Å²) >= 11 is 0. The van der Waals surface area contributed by atoms with Crippen LogP contribution in [-0.2, 0) is 0 Å². The molecular formula is C21H23NO. The van der Waals surface area contributed by atoms with Crippen molar-refractivity contribution in [1.29, 1.82) is 0 Å². The third-order valence-corrected chi connectivity index (χ3v) is 4.37. The zero-order valence-electron chi connectivity index (χ0n) is 13.7. The van der Waals surface area contributed by atoms with Crippen LogP contribution < -0.4 is 5.32 Å². The Bertz CT molecular complexity index is 774. The Morgan fingerprint density at radius 3 is 2.39 bits per heavy atom. The Balaban J connectivity index is 1.71. The molecule has 0 saturated heterocycles. The highest BCUT2D eigenvalue weighted by Gasteiger charge is 2.12. The molecule has 0 heterocycles. The molecule has 0 radical (unpaired) electrons.